The van der Waals surface area contributed by atoms with Crippen LogP contribution in [0.25, 0.3) is 22.1 Å². The van der Waals surface area contributed by atoms with Crippen LogP contribution in [0, 0.1) is 0 Å². The fraction of sp³-hybridized carbons (Fsp3) is 0.556. The summed E-state index contributed by atoms with van der Waals surface area (Å²) in [6.07, 6.45) is -2.76. The van der Waals surface area contributed by atoms with E-state index in [0.717, 1.165) is 76.0 Å². The average molecular weight is 1050 g/mol. The number of carbonyl (C=O) groups is 2. The van der Waals surface area contributed by atoms with Gasteiger partial charge in [0.05, 0.1) is 17.2 Å². The van der Waals surface area contributed by atoms with Crippen LogP contribution in [0.15, 0.2) is 37.2 Å². The van der Waals surface area contributed by atoms with E-state index in [1.165, 1.54) is 18.7 Å². The third-order valence-electron chi connectivity index (χ3n) is 11.6. The van der Waals surface area contributed by atoms with Crippen molar-refractivity contribution in [3.63, 3.8) is 0 Å². The van der Waals surface area contributed by atoms with Gasteiger partial charge in [-0.2, -0.15) is 36.5 Å². The molecule has 6 aromatic heterocycles. The van der Waals surface area contributed by atoms with Gasteiger partial charge in [-0.25, -0.2) is 19.9 Å². The maximum absolute atomic E-state index is 12.6. The number of fused-ring (bicyclic) bond motifs is 4. The minimum atomic E-state index is -4.27. The van der Waals surface area contributed by atoms with Crippen molar-refractivity contribution in [2.24, 2.45) is 0 Å². The quantitative estimate of drug-likeness (QED) is 0.0210. The van der Waals surface area contributed by atoms with E-state index in [1.807, 2.05) is 33.7 Å². The molecule has 0 aromatic carbocycles. The van der Waals surface area contributed by atoms with Crippen molar-refractivity contribution >= 4 is 67.3 Å². The number of H-pyrrole nitrogens is 2. The number of hydrogen-bond acceptors (Lipinski definition) is 12. The van der Waals surface area contributed by atoms with Crippen LogP contribution in [0.3, 0.4) is 0 Å². The Morgan fingerprint density at radius 3 is 1.96 bits per heavy atom. The van der Waals surface area contributed by atoms with E-state index < -0.39 is 53.8 Å². The van der Waals surface area contributed by atoms with Crippen molar-refractivity contribution in [1.82, 2.24) is 60.1 Å². The SMILES string of the molecule is C[Si](C)(C)CCOCn1ccc2c(Cl)ncnc21.C[Si](C)(C)CCOCn1ccc2c(N3CCc4[nH]nc(C(=O)CCCC(F)(F)F)c4C3)ncnc21.O=C(NCCC(F)(F)F)c1n[nH]c2c1CNCC2. The molecule has 0 bridgehead atoms. The van der Waals surface area contributed by atoms with Gasteiger partial charge in [0.25, 0.3) is 5.91 Å². The van der Waals surface area contributed by atoms with E-state index >= 15 is 0 Å². The van der Waals surface area contributed by atoms with Gasteiger partial charge in [-0.1, -0.05) is 50.9 Å². The Hall–Kier alpha value is -5.22. The Morgan fingerprint density at radius 1 is 0.761 bits per heavy atom. The van der Waals surface area contributed by atoms with Gasteiger partial charge in [0.2, 0.25) is 0 Å². The molecule has 6 aromatic rings. The average Bonchev–Trinajstić information content (AvgIpc) is 4.11. The zero-order valence-electron chi connectivity index (χ0n) is 40.8. The number of nitrogens with one attached hydrogen (secondary N) is 4. The highest BCUT2D eigenvalue weighted by molar-refractivity contribution is 6.76. The second-order valence-corrected chi connectivity index (χ2v) is 31.4. The highest BCUT2D eigenvalue weighted by Crippen LogP contribution is 2.31. The third-order valence-corrected chi connectivity index (χ3v) is 15.3. The van der Waals surface area contributed by atoms with Gasteiger partial charge in [-0.05, 0) is 30.6 Å². The molecule has 0 saturated heterocycles. The van der Waals surface area contributed by atoms with Crippen LogP contribution in [0.2, 0.25) is 56.5 Å². The summed E-state index contributed by atoms with van der Waals surface area (Å²) in [5.41, 5.74) is 5.19. The molecule has 17 nitrogen and oxygen atoms in total. The summed E-state index contributed by atoms with van der Waals surface area (Å²) < 4.78 is 88.7. The smallest absolute Gasteiger partial charge is 0.361 e. The lowest BCUT2D eigenvalue weighted by atomic mass is 10.0. The number of rotatable bonds is 18. The van der Waals surface area contributed by atoms with E-state index in [-0.39, 0.29) is 30.0 Å². The molecule has 0 radical (unpaired) electrons. The summed E-state index contributed by atoms with van der Waals surface area (Å²) in [4.78, 5) is 43.5. The predicted octanol–water partition coefficient (Wildman–Crippen LogP) is 9.08. The first-order valence-electron chi connectivity index (χ1n) is 23.4. The number of aromatic amines is 2. The largest absolute Gasteiger partial charge is 0.390 e. The van der Waals surface area contributed by atoms with Crippen LogP contribution in [-0.4, -0.2) is 123 Å². The number of halogens is 7. The fourth-order valence-electron chi connectivity index (χ4n) is 7.59. The molecule has 0 atom stereocenters. The van der Waals surface area contributed by atoms with Crippen molar-refractivity contribution < 1.29 is 45.4 Å². The first-order valence-corrected chi connectivity index (χ1v) is 31.2. The molecule has 71 heavy (non-hydrogen) atoms. The molecule has 0 unspecified atom stereocenters. The molecule has 0 fully saturated rings. The van der Waals surface area contributed by atoms with Crippen molar-refractivity contribution in [2.75, 3.05) is 37.7 Å². The lowest BCUT2D eigenvalue weighted by molar-refractivity contribution is -0.135. The maximum Gasteiger partial charge on any atom is 0.390 e. The fourth-order valence-corrected chi connectivity index (χ4v) is 9.30. The van der Waals surface area contributed by atoms with Gasteiger partial charge in [-0.3, -0.25) is 19.8 Å². The monoisotopic (exact) mass is 1050 g/mol. The van der Waals surface area contributed by atoms with Crippen molar-refractivity contribution in [2.45, 2.75) is 129 Å². The number of hydrogen-bond donors (Lipinski definition) is 4. The first-order chi connectivity index (χ1) is 33.5. The molecule has 8 rings (SSSR count). The molecular formula is C45H62ClF6N13O4Si2. The van der Waals surface area contributed by atoms with Gasteiger partial charge in [-0.15, -0.1) is 0 Å². The van der Waals surface area contributed by atoms with Crippen LogP contribution in [0.1, 0.15) is 69.2 Å². The maximum atomic E-state index is 12.6. The Kier molecular flexibility index (Phi) is 18.6. The lowest BCUT2D eigenvalue weighted by Gasteiger charge is -2.28. The van der Waals surface area contributed by atoms with Gasteiger partial charge < -0.3 is 34.1 Å². The van der Waals surface area contributed by atoms with Crippen molar-refractivity contribution in [1.29, 1.82) is 0 Å². The molecule has 2 aliphatic rings. The highest BCUT2D eigenvalue weighted by atomic mass is 35.5. The normalized spacial score (nSPS) is 14.1. The van der Waals surface area contributed by atoms with Gasteiger partial charge in [0.15, 0.2) is 11.5 Å². The number of alkyl halides is 6. The number of amides is 1. The van der Waals surface area contributed by atoms with Crippen LogP contribution in [0.5, 0.6) is 0 Å². The first kappa shape index (κ1) is 55.1. The second kappa shape index (κ2) is 24.0. The van der Waals surface area contributed by atoms with Crippen molar-refractivity contribution in [3.05, 3.63) is 76.2 Å². The van der Waals surface area contributed by atoms with Crippen LogP contribution < -0.4 is 15.5 Å². The molecule has 388 valence electrons. The molecular weight excluding hydrogens is 992 g/mol. The summed E-state index contributed by atoms with van der Waals surface area (Å²) in [6, 6.07) is 6.13. The summed E-state index contributed by atoms with van der Waals surface area (Å²) in [7, 11) is -2.19. The van der Waals surface area contributed by atoms with Crippen LogP contribution >= 0.6 is 11.6 Å². The number of nitrogens with zero attached hydrogens (tertiary/aromatic N) is 9. The molecule has 0 spiro atoms. The molecule has 4 N–H and O–H groups in total. The Balaban J connectivity index is 0.000000192. The molecule has 8 heterocycles. The summed E-state index contributed by atoms with van der Waals surface area (Å²) in [5, 5.41) is 21.2. The number of carbonyl (C=O) groups excluding carboxylic acids is 2. The molecule has 0 saturated carbocycles. The van der Waals surface area contributed by atoms with Crippen LogP contribution in [-0.2, 0) is 48.9 Å². The topological polar surface area (TPSA) is 199 Å². The lowest BCUT2D eigenvalue weighted by Crippen LogP contribution is -2.31. The number of Topliss-reactive ketones (excluding diaryl/α,β-unsaturated/α-hetero) is 1. The van der Waals surface area contributed by atoms with E-state index in [0.29, 0.717) is 51.3 Å². The van der Waals surface area contributed by atoms with Gasteiger partial charge in [0.1, 0.15) is 54.1 Å². The molecule has 1 amide bonds. The summed E-state index contributed by atoms with van der Waals surface area (Å²) >= 11 is 5.99. The predicted molar refractivity (Wildman–Crippen MR) is 263 cm³/mol. The standard InChI is InChI=1S/C23H31F3N6O2Si.C12H18ClN3OSi.C10H13F3N4O/c1-35(2,3)12-11-34-15-32-9-6-16-21(27-14-28-22(16)32)31-10-7-18-17(13-31)20(30-29-18)19(33)5-4-8-23(24,25)26;1-18(2,3)7-6-17-9-16-5-4-10-11(13)14-8-15-12(10)16;11-10(12,13)2-4-15-9(18)8-6-5-14-3-1-7(6)16-17-8/h6,9,14H,4-5,7-8,10-13,15H2,1-3H3,(H,29,30);4-5,8H,6-7,9H2,1-3H3;14H,1-5H2,(H,15,18)(H,16,17). The van der Waals surface area contributed by atoms with E-state index in [4.69, 9.17) is 21.1 Å². The van der Waals surface area contributed by atoms with Crippen LogP contribution in [0.4, 0.5) is 32.2 Å². The number of ether oxygens (including phenoxy) is 2. The van der Waals surface area contributed by atoms with E-state index in [9.17, 15) is 35.9 Å². The van der Waals surface area contributed by atoms with Crippen molar-refractivity contribution in [3.8, 4) is 0 Å². The minimum absolute atomic E-state index is 0.180. The van der Waals surface area contributed by atoms with Gasteiger partial charge in [0, 0.05) is 123 Å². The number of anilines is 1. The third kappa shape index (κ3) is 16.4. The van der Waals surface area contributed by atoms with Gasteiger partial charge >= 0.3 is 12.4 Å². The molecule has 2 aliphatic heterocycles. The van der Waals surface area contributed by atoms with E-state index in [1.54, 1.807) is 0 Å². The zero-order chi connectivity index (χ0) is 51.6. The Bertz CT molecular complexity index is 2710. The Labute approximate surface area is 414 Å². The van der Waals surface area contributed by atoms with E-state index in [2.05, 4.69) is 95.1 Å². The Morgan fingerprint density at radius 2 is 1.34 bits per heavy atom. The molecule has 26 heteroatoms. The summed E-state index contributed by atoms with van der Waals surface area (Å²) in [6.45, 7) is 18.3. The summed E-state index contributed by atoms with van der Waals surface area (Å²) in [5.74, 6) is -0.193. The highest BCUT2D eigenvalue weighted by Gasteiger charge is 2.31. The zero-order valence-corrected chi connectivity index (χ0v) is 43.5. The number of aromatic nitrogens is 10. The number of ketones is 1. The minimum Gasteiger partial charge on any atom is -0.361 e. The molecule has 0 aliphatic carbocycles. The second-order valence-electron chi connectivity index (χ2n) is 19.8.